The lowest BCUT2D eigenvalue weighted by Gasteiger charge is -2.19. The number of alkyl halides is 6. The van der Waals surface area contributed by atoms with Crippen LogP contribution >= 0.6 is 0 Å². The van der Waals surface area contributed by atoms with Gasteiger partial charge in [-0.1, -0.05) is 12.1 Å². The van der Waals surface area contributed by atoms with Crippen molar-refractivity contribution >= 4 is 29.0 Å². The van der Waals surface area contributed by atoms with Crippen LogP contribution < -0.4 is 20.9 Å². The van der Waals surface area contributed by atoms with Crippen LogP contribution in [-0.4, -0.2) is 26.0 Å². The van der Waals surface area contributed by atoms with Crippen LogP contribution in [0.25, 0.3) is 0 Å². The second kappa shape index (κ2) is 11.0. The molecule has 13 heteroatoms. The Bertz CT molecular complexity index is 1290. The van der Waals surface area contributed by atoms with E-state index in [-0.39, 0.29) is 23.9 Å². The summed E-state index contributed by atoms with van der Waals surface area (Å²) >= 11 is 0. The highest BCUT2D eigenvalue weighted by Gasteiger charge is 2.37. The van der Waals surface area contributed by atoms with E-state index in [9.17, 15) is 40.3 Å². The van der Waals surface area contributed by atoms with Gasteiger partial charge in [-0.25, -0.2) is 9.18 Å². The molecule has 0 heterocycles. The number of carbonyl (C=O) groups is 2. The number of anilines is 3. The Hall–Kier alpha value is -4.29. The molecule has 0 aliphatic carbocycles. The van der Waals surface area contributed by atoms with Crippen molar-refractivity contribution in [2.24, 2.45) is 0 Å². The third-order valence-corrected chi connectivity index (χ3v) is 5.19. The molecule has 0 aliphatic heterocycles. The quantitative estimate of drug-likeness (QED) is 0.311. The van der Waals surface area contributed by atoms with Crippen molar-refractivity contribution in [3.05, 3.63) is 88.7 Å². The molecule has 3 aromatic rings. The fourth-order valence-corrected chi connectivity index (χ4v) is 3.39. The first-order valence-corrected chi connectivity index (χ1v) is 10.8. The molecule has 3 N–H and O–H groups in total. The van der Waals surface area contributed by atoms with Gasteiger partial charge in [-0.05, 0) is 54.1 Å². The van der Waals surface area contributed by atoms with E-state index in [2.05, 4.69) is 10.6 Å². The topological polar surface area (TPSA) is 73.5 Å². The molecule has 0 saturated heterocycles. The number of nitrogens with one attached hydrogen (secondary N) is 3. The van der Waals surface area contributed by atoms with Crippen molar-refractivity contribution in [3.8, 4) is 0 Å². The Morgan fingerprint density at radius 2 is 1.32 bits per heavy atom. The minimum atomic E-state index is -5.08. The highest BCUT2D eigenvalue weighted by Crippen LogP contribution is 2.37. The van der Waals surface area contributed by atoms with Crippen LogP contribution in [0, 0.1) is 5.82 Å². The van der Waals surface area contributed by atoms with Crippen LogP contribution in [0.2, 0.25) is 0 Å². The number of urea groups is 1. The molecule has 6 nitrogen and oxygen atoms in total. The largest absolute Gasteiger partial charge is 0.416 e. The van der Waals surface area contributed by atoms with Crippen LogP contribution in [-0.2, 0) is 18.9 Å². The van der Waals surface area contributed by atoms with Crippen LogP contribution in [0.4, 0.5) is 52.6 Å². The number of amides is 3. The maximum atomic E-state index is 13.1. The molecule has 3 rings (SSSR count). The summed E-state index contributed by atoms with van der Waals surface area (Å²) < 4.78 is 91.6. The van der Waals surface area contributed by atoms with Gasteiger partial charge in [0.25, 0.3) is 5.91 Å². The molecule has 3 aromatic carbocycles. The Kier molecular flexibility index (Phi) is 8.18. The zero-order valence-electron chi connectivity index (χ0n) is 19.9. The number of nitrogens with zero attached hydrogens (tertiary/aromatic N) is 1. The van der Waals surface area contributed by atoms with Crippen LogP contribution in [0.1, 0.15) is 27.0 Å². The van der Waals surface area contributed by atoms with Gasteiger partial charge >= 0.3 is 18.4 Å². The summed E-state index contributed by atoms with van der Waals surface area (Å²) in [5.41, 5.74) is -2.65. The van der Waals surface area contributed by atoms with Crippen LogP contribution in [0.5, 0.6) is 0 Å². The van der Waals surface area contributed by atoms with Gasteiger partial charge in [0, 0.05) is 37.7 Å². The fourth-order valence-electron chi connectivity index (χ4n) is 3.39. The maximum absolute atomic E-state index is 13.1. The predicted molar refractivity (Wildman–Crippen MR) is 127 cm³/mol. The minimum absolute atomic E-state index is 0.0445. The molecular weight excluding hydrogens is 521 g/mol. The van der Waals surface area contributed by atoms with E-state index < -0.39 is 46.9 Å². The smallest absolute Gasteiger partial charge is 0.377 e. The van der Waals surface area contributed by atoms with Gasteiger partial charge < -0.3 is 20.9 Å². The van der Waals surface area contributed by atoms with Gasteiger partial charge in [0.05, 0.1) is 16.7 Å². The van der Waals surface area contributed by atoms with E-state index >= 15 is 0 Å². The molecule has 0 radical (unpaired) electrons. The number of halogens is 7. The average Bonchev–Trinajstić information content (AvgIpc) is 2.82. The zero-order chi connectivity index (χ0) is 28.3. The van der Waals surface area contributed by atoms with E-state index in [1.807, 2.05) is 5.32 Å². The molecule has 0 bridgehead atoms. The second-order valence-corrected chi connectivity index (χ2v) is 8.31. The fraction of sp³-hybridized carbons (Fsp3) is 0.200. The molecule has 0 atom stereocenters. The summed E-state index contributed by atoms with van der Waals surface area (Å²) in [5.74, 6) is -0.985. The SMILES string of the molecule is CN(C)c1ccc(NC(=O)Nc2cc(C(F)(F)F)cc(C(F)(F)F)c2)cc1C(=O)NCc1ccc(F)cc1. The van der Waals surface area contributed by atoms with Gasteiger partial charge in [0.2, 0.25) is 0 Å². The average molecular weight is 542 g/mol. The van der Waals surface area contributed by atoms with E-state index in [0.717, 1.165) is 0 Å². The van der Waals surface area contributed by atoms with Crippen molar-refractivity contribution in [1.29, 1.82) is 0 Å². The van der Waals surface area contributed by atoms with Gasteiger partial charge in [-0.3, -0.25) is 4.79 Å². The minimum Gasteiger partial charge on any atom is -0.377 e. The van der Waals surface area contributed by atoms with Gasteiger partial charge in [-0.15, -0.1) is 0 Å². The lowest BCUT2D eigenvalue weighted by molar-refractivity contribution is -0.143. The highest BCUT2D eigenvalue weighted by molar-refractivity contribution is 6.04. The van der Waals surface area contributed by atoms with Crippen molar-refractivity contribution in [2.45, 2.75) is 18.9 Å². The lowest BCUT2D eigenvalue weighted by Crippen LogP contribution is -2.26. The van der Waals surface area contributed by atoms with E-state index in [1.54, 1.807) is 19.0 Å². The summed E-state index contributed by atoms with van der Waals surface area (Å²) in [6.45, 7) is 0.0706. The van der Waals surface area contributed by atoms with Gasteiger partial charge in [-0.2, -0.15) is 26.3 Å². The Balaban J connectivity index is 1.80. The first kappa shape index (κ1) is 28.3. The van der Waals surface area contributed by atoms with Crippen LogP contribution in [0.3, 0.4) is 0 Å². The Labute approximate surface area is 212 Å². The van der Waals surface area contributed by atoms with E-state index in [0.29, 0.717) is 23.4 Å². The predicted octanol–water partition coefficient (Wildman–Crippen LogP) is 6.50. The number of hydrogen-bond donors (Lipinski definition) is 3. The molecule has 202 valence electrons. The Morgan fingerprint density at radius 1 is 0.763 bits per heavy atom. The monoisotopic (exact) mass is 542 g/mol. The molecule has 0 unspecified atom stereocenters. The summed E-state index contributed by atoms with van der Waals surface area (Å²) in [4.78, 5) is 26.9. The number of rotatable bonds is 6. The van der Waals surface area contributed by atoms with Gasteiger partial charge in [0.15, 0.2) is 0 Å². The second-order valence-electron chi connectivity index (χ2n) is 8.31. The van der Waals surface area contributed by atoms with Crippen molar-refractivity contribution in [2.75, 3.05) is 29.6 Å². The number of carbonyl (C=O) groups excluding carboxylic acids is 2. The molecule has 0 aliphatic rings. The molecule has 38 heavy (non-hydrogen) atoms. The zero-order valence-corrected chi connectivity index (χ0v) is 19.9. The first-order chi connectivity index (χ1) is 17.6. The van der Waals surface area contributed by atoms with Gasteiger partial charge in [0.1, 0.15) is 5.82 Å². The summed E-state index contributed by atoms with van der Waals surface area (Å²) in [6, 6.07) is 9.20. The third-order valence-electron chi connectivity index (χ3n) is 5.19. The molecule has 3 amide bonds. The molecular formula is C25H21F7N4O2. The van der Waals surface area contributed by atoms with Crippen molar-refractivity contribution in [1.82, 2.24) is 5.32 Å². The first-order valence-electron chi connectivity index (χ1n) is 10.8. The van der Waals surface area contributed by atoms with Crippen molar-refractivity contribution < 1.29 is 40.3 Å². The number of hydrogen-bond acceptors (Lipinski definition) is 3. The normalized spacial score (nSPS) is 11.6. The Morgan fingerprint density at radius 3 is 1.84 bits per heavy atom. The maximum Gasteiger partial charge on any atom is 0.416 e. The van der Waals surface area contributed by atoms with E-state index in [1.165, 1.54) is 42.5 Å². The van der Waals surface area contributed by atoms with E-state index in [4.69, 9.17) is 0 Å². The van der Waals surface area contributed by atoms with Crippen LogP contribution in [0.15, 0.2) is 60.7 Å². The highest BCUT2D eigenvalue weighted by atomic mass is 19.4. The lowest BCUT2D eigenvalue weighted by atomic mass is 10.1. The standard InChI is InChI=1S/C25H21F7N4O2/c1-36(2)21-8-7-18(12-20(21)22(37)33-13-14-3-5-17(26)6-4-14)34-23(38)35-19-10-15(24(27,28)29)9-16(11-19)25(30,31)32/h3-12H,13H2,1-2H3,(H,33,37)(H2,34,35,38). The number of benzene rings is 3. The molecule has 0 aromatic heterocycles. The molecule has 0 saturated carbocycles. The molecule has 0 fully saturated rings. The molecule has 0 spiro atoms. The summed E-state index contributed by atoms with van der Waals surface area (Å²) in [6.07, 6.45) is -10.2. The summed E-state index contributed by atoms with van der Waals surface area (Å²) in [5, 5.41) is 6.92. The third kappa shape index (κ3) is 7.37. The summed E-state index contributed by atoms with van der Waals surface area (Å²) in [7, 11) is 3.33. The van der Waals surface area contributed by atoms with Crippen molar-refractivity contribution in [3.63, 3.8) is 0 Å².